The Morgan fingerprint density at radius 1 is 1.62 bits per heavy atom. The molecule has 0 unspecified atom stereocenters. The van der Waals surface area contributed by atoms with E-state index in [0.29, 0.717) is 11.6 Å². The summed E-state index contributed by atoms with van der Waals surface area (Å²) in [6, 6.07) is 3.73. The molecule has 0 aliphatic heterocycles. The van der Waals surface area contributed by atoms with E-state index in [1.54, 1.807) is 11.7 Å². The van der Waals surface area contributed by atoms with Crippen LogP contribution < -0.4 is 5.73 Å². The Balaban J connectivity index is 2.50. The molecule has 6 heteroatoms. The van der Waals surface area contributed by atoms with Gasteiger partial charge in [0, 0.05) is 7.05 Å². The van der Waals surface area contributed by atoms with Crippen LogP contribution in [0, 0.1) is 11.3 Å². The second kappa shape index (κ2) is 3.70. The summed E-state index contributed by atoms with van der Waals surface area (Å²) >= 11 is 0. The fourth-order valence-corrected chi connectivity index (χ4v) is 1.42. The lowest BCUT2D eigenvalue weighted by Crippen LogP contribution is -1.94. The molecule has 0 spiro atoms. The van der Waals surface area contributed by atoms with E-state index in [1.807, 2.05) is 19.1 Å². The van der Waals surface area contributed by atoms with Crippen LogP contribution in [0.25, 0.3) is 11.6 Å². The molecule has 16 heavy (non-hydrogen) atoms. The van der Waals surface area contributed by atoms with Crippen molar-refractivity contribution in [2.75, 3.05) is 5.73 Å². The van der Waals surface area contributed by atoms with Gasteiger partial charge < -0.3 is 10.2 Å². The number of oxazole rings is 1. The third-order valence-corrected chi connectivity index (χ3v) is 2.27. The summed E-state index contributed by atoms with van der Waals surface area (Å²) < 4.78 is 6.87. The summed E-state index contributed by atoms with van der Waals surface area (Å²) in [7, 11) is 1.79. The normalized spacial score (nSPS) is 10.3. The van der Waals surface area contributed by atoms with Crippen LogP contribution in [0.3, 0.4) is 0 Å². The molecule has 0 saturated heterocycles. The van der Waals surface area contributed by atoms with Gasteiger partial charge in [0.15, 0.2) is 0 Å². The highest BCUT2D eigenvalue weighted by atomic mass is 16.4. The zero-order valence-electron chi connectivity index (χ0n) is 9.06. The van der Waals surface area contributed by atoms with Crippen molar-refractivity contribution in [1.29, 1.82) is 5.26 Å². The average molecular weight is 217 g/mol. The van der Waals surface area contributed by atoms with Crippen LogP contribution in [0.2, 0.25) is 0 Å². The van der Waals surface area contributed by atoms with Crippen molar-refractivity contribution in [3.8, 4) is 17.7 Å². The van der Waals surface area contributed by atoms with Gasteiger partial charge in [-0.2, -0.15) is 15.3 Å². The van der Waals surface area contributed by atoms with E-state index < -0.39 is 0 Å². The lowest BCUT2D eigenvalue weighted by Gasteiger charge is -1.93. The number of aryl methyl sites for hydroxylation is 2. The first kappa shape index (κ1) is 10.2. The van der Waals surface area contributed by atoms with Crippen LogP contribution >= 0.6 is 0 Å². The molecule has 0 fully saturated rings. The van der Waals surface area contributed by atoms with Crippen molar-refractivity contribution in [2.24, 2.45) is 7.05 Å². The number of nitrogen functional groups attached to an aromatic ring is 1. The second-order valence-electron chi connectivity index (χ2n) is 3.34. The molecular weight excluding hydrogens is 206 g/mol. The summed E-state index contributed by atoms with van der Waals surface area (Å²) in [5.41, 5.74) is 7.25. The van der Waals surface area contributed by atoms with Gasteiger partial charge in [-0.15, -0.1) is 0 Å². The van der Waals surface area contributed by atoms with Crippen LogP contribution in [0.15, 0.2) is 10.5 Å². The average Bonchev–Trinajstić information content (AvgIpc) is 2.81. The first-order valence-corrected chi connectivity index (χ1v) is 4.85. The summed E-state index contributed by atoms with van der Waals surface area (Å²) in [5, 5.41) is 13.0. The van der Waals surface area contributed by atoms with Crippen LogP contribution in [-0.2, 0) is 13.5 Å². The number of anilines is 1. The summed E-state index contributed by atoms with van der Waals surface area (Å²) in [6.07, 6.45) is 0.829. The Morgan fingerprint density at radius 2 is 2.38 bits per heavy atom. The maximum atomic E-state index is 8.72. The van der Waals surface area contributed by atoms with E-state index >= 15 is 0 Å². The van der Waals surface area contributed by atoms with Gasteiger partial charge in [0.25, 0.3) is 0 Å². The number of hydrogen-bond acceptors (Lipinski definition) is 5. The molecule has 0 aliphatic carbocycles. The van der Waals surface area contributed by atoms with Gasteiger partial charge in [-0.25, -0.2) is 0 Å². The van der Waals surface area contributed by atoms with Gasteiger partial charge in [-0.05, 0) is 12.5 Å². The van der Waals surface area contributed by atoms with Gasteiger partial charge in [0.1, 0.15) is 11.8 Å². The zero-order valence-corrected chi connectivity index (χ0v) is 9.06. The maximum absolute atomic E-state index is 8.72. The highest BCUT2D eigenvalue weighted by molar-refractivity contribution is 5.54. The van der Waals surface area contributed by atoms with E-state index in [9.17, 15) is 0 Å². The summed E-state index contributed by atoms with van der Waals surface area (Å²) in [5.74, 6) is 0.362. The van der Waals surface area contributed by atoms with Crippen LogP contribution in [0.1, 0.15) is 18.3 Å². The molecule has 0 aliphatic rings. The molecule has 2 aromatic heterocycles. The smallest absolute Gasteiger partial charge is 0.248 e. The highest BCUT2D eigenvalue weighted by Gasteiger charge is 2.15. The molecule has 0 radical (unpaired) electrons. The molecule has 2 aromatic rings. The molecule has 2 heterocycles. The predicted octanol–water partition coefficient (Wildman–Crippen LogP) is 1.09. The van der Waals surface area contributed by atoms with Crippen molar-refractivity contribution in [1.82, 2.24) is 14.8 Å². The molecular formula is C10H11N5O. The minimum atomic E-state index is 0.0387. The molecule has 0 saturated carbocycles. The Kier molecular flexibility index (Phi) is 2.37. The lowest BCUT2D eigenvalue weighted by molar-refractivity contribution is 0.582. The van der Waals surface area contributed by atoms with Crippen LogP contribution in [0.4, 0.5) is 5.88 Å². The maximum Gasteiger partial charge on any atom is 0.248 e. The van der Waals surface area contributed by atoms with E-state index in [1.165, 1.54) is 0 Å². The molecule has 6 nitrogen and oxygen atoms in total. The SMILES string of the molecule is CCc1cc(-c2nc(C#N)c(N)o2)n(C)n1. The Hall–Kier alpha value is -2.29. The fraction of sp³-hybridized carbons (Fsp3) is 0.300. The third kappa shape index (κ3) is 1.52. The monoisotopic (exact) mass is 217 g/mol. The Bertz CT molecular complexity index is 560. The van der Waals surface area contributed by atoms with Gasteiger partial charge in [-0.3, -0.25) is 4.68 Å². The number of rotatable bonds is 2. The molecule has 82 valence electrons. The van der Waals surface area contributed by atoms with Gasteiger partial charge in [0.05, 0.1) is 5.69 Å². The van der Waals surface area contributed by atoms with E-state index in [2.05, 4.69) is 10.1 Å². The Labute approximate surface area is 92.3 Å². The van der Waals surface area contributed by atoms with Gasteiger partial charge in [0.2, 0.25) is 17.5 Å². The first-order chi connectivity index (χ1) is 7.65. The number of nitriles is 1. The van der Waals surface area contributed by atoms with Crippen molar-refractivity contribution >= 4 is 5.88 Å². The minimum absolute atomic E-state index is 0.0387. The van der Waals surface area contributed by atoms with Crippen LogP contribution in [0.5, 0.6) is 0 Å². The lowest BCUT2D eigenvalue weighted by atomic mass is 10.3. The number of aromatic nitrogens is 3. The molecule has 0 atom stereocenters. The molecule has 0 aromatic carbocycles. The summed E-state index contributed by atoms with van der Waals surface area (Å²) in [4.78, 5) is 3.99. The van der Waals surface area contributed by atoms with E-state index in [0.717, 1.165) is 12.1 Å². The number of nitrogens with two attached hydrogens (primary N) is 1. The molecule has 2 N–H and O–H groups in total. The van der Waals surface area contributed by atoms with Crippen molar-refractivity contribution in [3.05, 3.63) is 17.5 Å². The van der Waals surface area contributed by atoms with Crippen LogP contribution in [-0.4, -0.2) is 14.8 Å². The van der Waals surface area contributed by atoms with E-state index in [4.69, 9.17) is 15.4 Å². The predicted molar refractivity (Wildman–Crippen MR) is 57.2 cm³/mol. The first-order valence-electron chi connectivity index (χ1n) is 4.85. The van der Waals surface area contributed by atoms with Crippen molar-refractivity contribution in [2.45, 2.75) is 13.3 Å². The van der Waals surface area contributed by atoms with Gasteiger partial charge in [-0.1, -0.05) is 6.92 Å². The minimum Gasteiger partial charge on any atom is -0.418 e. The van der Waals surface area contributed by atoms with E-state index in [-0.39, 0.29) is 11.6 Å². The number of hydrogen-bond donors (Lipinski definition) is 1. The highest BCUT2D eigenvalue weighted by Crippen LogP contribution is 2.23. The zero-order chi connectivity index (χ0) is 11.7. The third-order valence-electron chi connectivity index (χ3n) is 2.27. The second-order valence-corrected chi connectivity index (χ2v) is 3.34. The number of nitrogens with zero attached hydrogens (tertiary/aromatic N) is 4. The van der Waals surface area contributed by atoms with Crippen molar-refractivity contribution < 1.29 is 4.42 Å². The quantitative estimate of drug-likeness (QED) is 0.812. The van der Waals surface area contributed by atoms with Crippen molar-refractivity contribution in [3.63, 3.8) is 0 Å². The summed E-state index contributed by atoms with van der Waals surface area (Å²) in [6.45, 7) is 2.01. The fourth-order valence-electron chi connectivity index (χ4n) is 1.42. The molecule has 0 amide bonds. The topological polar surface area (TPSA) is 93.7 Å². The molecule has 2 rings (SSSR count). The molecule has 0 bridgehead atoms. The standard InChI is InChI=1S/C10H11N5O/c1-3-6-4-8(15(2)14-6)10-13-7(5-11)9(12)16-10/h4H,3,12H2,1-2H3. The van der Waals surface area contributed by atoms with Gasteiger partial charge >= 0.3 is 0 Å². The Morgan fingerprint density at radius 3 is 2.88 bits per heavy atom. The largest absolute Gasteiger partial charge is 0.418 e.